The summed E-state index contributed by atoms with van der Waals surface area (Å²) >= 11 is 3.32. The van der Waals surface area contributed by atoms with E-state index in [1.54, 1.807) is 25.1 Å². The molecule has 0 saturated carbocycles. The maximum Gasteiger partial charge on any atom is 0.362 e. The smallest absolute Gasteiger partial charge is 0.362 e. The molecule has 0 radical (unpaired) electrons. The molecule has 1 N–H and O–H groups in total. The molecule has 7 heteroatoms. The summed E-state index contributed by atoms with van der Waals surface area (Å²) in [4.78, 5) is 11.6. The summed E-state index contributed by atoms with van der Waals surface area (Å²) in [6.07, 6.45) is 0. The standard InChI is InChI=1S/C13H15BrN2O4/c1-4-20-13(18)11(8(2)17)16-15-10-7-5-6-9(14)12(10)19-3/h5-7,17H,4H2,1-3H3/b11-8+,16-15?. The van der Waals surface area contributed by atoms with Gasteiger partial charge < -0.3 is 14.6 Å². The van der Waals surface area contributed by atoms with Gasteiger partial charge in [0.15, 0.2) is 5.75 Å². The Bertz CT molecular complexity index is 551. The summed E-state index contributed by atoms with van der Waals surface area (Å²) in [5.74, 6) is -0.513. The van der Waals surface area contributed by atoms with Gasteiger partial charge in [-0.05, 0) is 41.9 Å². The lowest BCUT2D eigenvalue weighted by atomic mass is 10.3. The van der Waals surface area contributed by atoms with E-state index < -0.39 is 5.97 Å². The molecule has 0 aromatic heterocycles. The average Bonchev–Trinajstić information content (AvgIpc) is 2.39. The fraction of sp³-hybridized carbons (Fsp3) is 0.308. The van der Waals surface area contributed by atoms with E-state index in [1.807, 2.05) is 0 Å². The minimum atomic E-state index is -0.731. The maximum atomic E-state index is 11.6. The molecule has 0 amide bonds. The number of aliphatic hydroxyl groups excluding tert-OH is 1. The second-order valence-corrected chi connectivity index (χ2v) is 4.50. The van der Waals surface area contributed by atoms with Gasteiger partial charge in [-0.25, -0.2) is 4.79 Å². The molecule has 108 valence electrons. The van der Waals surface area contributed by atoms with Crippen LogP contribution in [-0.4, -0.2) is 24.8 Å². The molecule has 0 unspecified atom stereocenters. The second-order valence-electron chi connectivity index (χ2n) is 3.65. The van der Waals surface area contributed by atoms with Gasteiger partial charge in [0.05, 0.1) is 18.2 Å². The molecule has 0 aliphatic rings. The van der Waals surface area contributed by atoms with Crippen molar-refractivity contribution < 1.29 is 19.4 Å². The van der Waals surface area contributed by atoms with Crippen LogP contribution in [0.5, 0.6) is 5.75 Å². The molecule has 0 fully saturated rings. The molecule has 0 heterocycles. The Kier molecular flexibility index (Phi) is 6.17. The third-order valence-corrected chi connectivity index (χ3v) is 2.84. The van der Waals surface area contributed by atoms with E-state index in [4.69, 9.17) is 9.47 Å². The number of allylic oxidation sites excluding steroid dienone is 1. The van der Waals surface area contributed by atoms with Gasteiger partial charge in [-0.15, -0.1) is 10.2 Å². The van der Waals surface area contributed by atoms with E-state index in [0.717, 1.165) is 0 Å². The number of carbonyl (C=O) groups is 1. The van der Waals surface area contributed by atoms with Crippen LogP contribution in [-0.2, 0) is 9.53 Å². The third-order valence-electron chi connectivity index (χ3n) is 2.22. The van der Waals surface area contributed by atoms with E-state index in [2.05, 4.69) is 26.2 Å². The zero-order valence-electron chi connectivity index (χ0n) is 11.4. The van der Waals surface area contributed by atoms with Crippen molar-refractivity contribution in [3.05, 3.63) is 34.1 Å². The number of rotatable bonds is 5. The lowest BCUT2D eigenvalue weighted by Gasteiger charge is -2.06. The summed E-state index contributed by atoms with van der Waals surface area (Å²) < 4.78 is 10.7. The van der Waals surface area contributed by atoms with Gasteiger partial charge in [-0.3, -0.25) is 0 Å². The number of esters is 1. The molecular weight excluding hydrogens is 328 g/mol. The highest BCUT2D eigenvalue weighted by Gasteiger charge is 2.14. The van der Waals surface area contributed by atoms with Gasteiger partial charge in [-0.2, -0.15) is 0 Å². The molecule has 0 aliphatic heterocycles. The zero-order valence-corrected chi connectivity index (χ0v) is 13.0. The van der Waals surface area contributed by atoms with E-state index in [1.165, 1.54) is 14.0 Å². The van der Waals surface area contributed by atoms with Crippen LogP contribution in [0.25, 0.3) is 0 Å². The number of halogens is 1. The van der Waals surface area contributed by atoms with Gasteiger partial charge in [0.1, 0.15) is 11.4 Å². The molecule has 0 aliphatic carbocycles. The number of nitrogens with zero attached hydrogens (tertiary/aromatic N) is 2. The van der Waals surface area contributed by atoms with E-state index in [0.29, 0.717) is 15.9 Å². The van der Waals surface area contributed by atoms with Crippen LogP contribution in [0, 0.1) is 0 Å². The number of benzene rings is 1. The summed E-state index contributed by atoms with van der Waals surface area (Å²) in [6.45, 7) is 3.19. The Morgan fingerprint density at radius 2 is 2.15 bits per heavy atom. The highest BCUT2D eigenvalue weighted by molar-refractivity contribution is 9.10. The topological polar surface area (TPSA) is 80.5 Å². The van der Waals surface area contributed by atoms with Crippen molar-refractivity contribution in [3.8, 4) is 5.75 Å². The number of azo groups is 1. The number of carbonyl (C=O) groups excluding carboxylic acids is 1. The van der Waals surface area contributed by atoms with Crippen LogP contribution in [0.3, 0.4) is 0 Å². The minimum absolute atomic E-state index is 0.186. The second kappa shape index (κ2) is 7.64. The third kappa shape index (κ3) is 4.06. The first-order valence-electron chi connectivity index (χ1n) is 5.82. The number of hydrogen-bond donors (Lipinski definition) is 1. The summed E-state index contributed by atoms with van der Waals surface area (Å²) in [6, 6.07) is 5.21. The van der Waals surface area contributed by atoms with Crippen molar-refractivity contribution in [2.75, 3.05) is 13.7 Å². The van der Waals surface area contributed by atoms with Crippen molar-refractivity contribution in [1.29, 1.82) is 0 Å². The number of ether oxygens (including phenoxy) is 2. The first-order valence-corrected chi connectivity index (χ1v) is 6.61. The Morgan fingerprint density at radius 3 is 2.70 bits per heavy atom. The predicted octanol–water partition coefficient (Wildman–Crippen LogP) is 3.89. The SMILES string of the molecule is CCOC(=O)/C(N=Nc1cccc(Br)c1OC)=C(/C)O. The van der Waals surface area contributed by atoms with Gasteiger partial charge >= 0.3 is 5.97 Å². The number of hydrogen-bond acceptors (Lipinski definition) is 6. The van der Waals surface area contributed by atoms with Gasteiger partial charge in [-0.1, -0.05) is 6.07 Å². The van der Waals surface area contributed by atoms with Gasteiger partial charge in [0.25, 0.3) is 0 Å². The number of aliphatic hydroxyl groups is 1. The van der Waals surface area contributed by atoms with Gasteiger partial charge in [0.2, 0.25) is 5.70 Å². The molecule has 6 nitrogen and oxygen atoms in total. The van der Waals surface area contributed by atoms with E-state index >= 15 is 0 Å². The molecule has 0 atom stereocenters. The van der Waals surface area contributed by atoms with Crippen molar-refractivity contribution in [3.63, 3.8) is 0 Å². The van der Waals surface area contributed by atoms with Gasteiger partial charge in [0, 0.05) is 0 Å². The maximum absolute atomic E-state index is 11.6. The first kappa shape index (κ1) is 16.2. The van der Waals surface area contributed by atoms with Crippen LogP contribution in [0.2, 0.25) is 0 Å². The van der Waals surface area contributed by atoms with Crippen molar-refractivity contribution in [2.45, 2.75) is 13.8 Å². The van der Waals surface area contributed by atoms with Crippen LogP contribution >= 0.6 is 15.9 Å². The average molecular weight is 343 g/mol. The molecule has 1 rings (SSSR count). The molecule has 20 heavy (non-hydrogen) atoms. The summed E-state index contributed by atoms with van der Waals surface area (Å²) in [5.41, 5.74) is 0.179. The van der Waals surface area contributed by atoms with Crippen LogP contribution in [0.15, 0.2) is 44.4 Å². The largest absolute Gasteiger partial charge is 0.510 e. The molecule has 1 aromatic carbocycles. The fourth-order valence-corrected chi connectivity index (χ4v) is 1.86. The molecular formula is C13H15BrN2O4. The molecule has 0 bridgehead atoms. The van der Waals surface area contributed by atoms with Crippen molar-refractivity contribution >= 4 is 27.6 Å². The minimum Gasteiger partial charge on any atom is -0.510 e. The quantitative estimate of drug-likeness (QED) is 0.381. The molecule has 1 aromatic rings. The van der Waals surface area contributed by atoms with Crippen LogP contribution < -0.4 is 4.74 Å². The molecule has 0 saturated heterocycles. The lowest BCUT2D eigenvalue weighted by molar-refractivity contribution is -0.138. The highest BCUT2D eigenvalue weighted by atomic mass is 79.9. The van der Waals surface area contributed by atoms with Crippen LogP contribution in [0.1, 0.15) is 13.8 Å². The predicted molar refractivity (Wildman–Crippen MR) is 77.2 cm³/mol. The fourth-order valence-electron chi connectivity index (χ4n) is 1.34. The number of methoxy groups -OCH3 is 1. The van der Waals surface area contributed by atoms with E-state index in [9.17, 15) is 9.90 Å². The van der Waals surface area contributed by atoms with Crippen molar-refractivity contribution in [1.82, 2.24) is 0 Å². The van der Waals surface area contributed by atoms with Crippen molar-refractivity contribution in [2.24, 2.45) is 10.2 Å². The Balaban J connectivity index is 3.10. The van der Waals surface area contributed by atoms with E-state index in [-0.39, 0.29) is 18.1 Å². The summed E-state index contributed by atoms with van der Waals surface area (Å²) in [7, 11) is 1.50. The monoisotopic (exact) mass is 342 g/mol. The Morgan fingerprint density at radius 1 is 1.45 bits per heavy atom. The Hall–Kier alpha value is -1.89. The normalized spacial score (nSPS) is 12.2. The number of para-hydroxylation sites is 1. The Labute approximate surface area is 125 Å². The first-order chi connectivity index (χ1) is 9.51. The highest BCUT2D eigenvalue weighted by Crippen LogP contribution is 2.35. The lowest BCUT2D eigenvalue weighted by Crippen LogP contribution is -2.07. The van der Waals surface area contributed by atoms with Crippen LogP contribution in [0.4, 0.5) is 5.69 Å². The summed E-state index contributed by atoms with van der Waals surface area (Å²) in [5, 5.41) is 17.1. The zero-order chi connectivity index (χ0) is 15.1. The molecule has 0 spiro atoms.